The highest BCUT2D eigenvalue weighted by Crippen LogP contribution is 2.29. The quantitative estimate of drug-likeness (QED) is 0.488. The standard InChI is InChI=1S/C24H41NO2/c1-18(2)21-13-10-14-22(19(3)4)23(21)15-16-25(17-24(26-5)27-6)20-11-8-7-9-12-20/h10,13-14,18-20,24H,7-9,11-12,15-17H2,1-6H3. The summed E-state index contributed by atoms with van der Waals surface area (Å²) in [5.74, 6) is 1.13. The molecule has 3 nitrogen and oxygen atoms in total. The van der Waals surface area contributed by atoms with E-state index in [1.807, 2.05) is 0 Å². The van der Waals surface area contributed by atoms with Crippen molar-refractivity contribution in [1.82, 2.24) is 4.90 Å². The molecule has 1 aromatic carbocycles. The molecule has 1 aliphatic carbocycles. The number of hydrogen-bond donors (Lipinski definition) is 0. The Morgan fingerprint density at radius 1 is 0.926 bits per heavy atom. The maximum atomic E-state index is 5.53. The number of methoxy groups -OCH3 is 2. The summed E-state index contributed by atoms with van der Waals surface area (Å²) in [6, 6.07) is 7.55. The third-order valence-electron chi connectivity index (χ3n) is 6.14. The lowest BCUT2D eigenvalue weighted by atomic mass is 9.86. The first-order valence-electron chi connectivity index (χ1n) is 10.9. The molecule has 0 saturated heterocycles. The minimum absolute atomic E-state index is 0.142. The van der Waals surface area contributed by atoms with Gasteiger partial charge in [-0.1, -0.05) is 65.2 Å². The summed E-state index contributed by atoms with van der Waals surface area (Å²) in [6.07, 6.45) is 7.68. The first kappa shape index (κ1) is 22.4. The van der Waals surface area contributed by atoms with Crippen LogP contribution in [0, 0.1) is 0 Å². The molecule has 0 atom stereocenters. The van der Waals surface area contributed by atoms with E-state index in [0.29, 0.717) is 17.9 Å². The Bertz CT molecular complexity index is 519. The molecule has 1 aliphatic rings. The van der Waals surface area contributed by atoms with E-state index in [9.17, 15) is 0 Å². The smallest absolute Gasteiger partial charge is 0.169 e. The second-order valence-electron chi connectivity index (χ2n) is 8.66. The van der Waals surface area contributed by atoms with Gasteiger partial charge in [-0.25, -0.2) is 0 Å². The van der Waals surface area contributed by atoms with E-state index in [1.165, 1.54) is 43.2 Å². The Hall–Kier alpha value is -0.900. The van der Waals surface area contributed by atoms with E-state index in [4.69, 9.17) is 9.47 Å². The van der Waals surface area contributed by atoms with Gasteiger partial charge in [0.1, 0.15) is 0 Å². The van der Waals surface area contributed by atoms with Crippen LogP contribution in [0.5, 0.6) is 0 Å². The number of ether oxygens (including phenoxy) is 2. The van der Waals surface area contributed by atoms with Crippen LogP contribution in [0.25, 0.3) is 0 Å². The molecule has 0 heterocycles. The van der Waals surface area contributed by atoms with Crippen LogP contribution in [-0.4, -0.2) is 44.5 Å². The average Bonchev–Trinajstić information content (AvgIpc) is 2.68. The van der Waals surface area contributed by atoms with Crippen molar-refractivity contribution in [1.29, 1.82) is 0 Å². The summed E-state index contributed by atoms with van der Waals surface area (Å²) in [5, 5.41) is 0. The summed E-state index contributed by atoms with van der Waals surface area (Å²) in [7, 11) is 3.50. The molecule has 1 saturated carbocycles. The van der Waals surface area contributed by atoms with E-state index >= 15 is 0 Å². The lowest BCUT2D eigenvalue weighted by Crippen LogP contribution is -2.43. The third-order valence-corrected chi connectivity index (χ3v) is 6.14. The fraction of sp³-hybridized carbons (Fsp3) is 0.750. The maximum absolute atomic E-state index is 5.53. The predicted octanol–water partition coefficient (Wildman–Crippen LogP) is 5.73. The van der Waals surface area contributed by atoms with Gasteiger partial charge in [-0.15, -0.1) is 0 Å². The van der Waals surface area contributed by atoms with Gasteiger partial charge in [0.05, 0.1) is 0 Å². The van der Waals surface area contributed by atoms with Crippen LogP contribution < -0.4 is 0 Å². The van der Waals surface area contributed by atoms with Gasteiger partial charge in [-0.2, -0.15) is 0 Å². The summed E-state index contributed by atoms with van der Waals surface area (Å²) in [5.41, 5.74) is 4.59. The molecule has 0 unspecified atom stereocenters. The summed E-state index contributed by atoms with van der Waals surface area (Å²) in [4.78, 5) is 2.64. The van der Waals surface area contributed by atoms with E-state index < -0.39 is 0 Å². The lowest BCUT2D eigenvalue weighted by molar-refractivity contribution is -0.121. The molecule has 0 radical (unpaired) electrons. The van der Waals surface area contributed by atoms with Crippen molar-refractivity contribution in [3.8, 4) is 0 Å². The summed E-state index contributed by atoms with van der Waals surface area (Å²) >= 11 is 0. The Morgan fingerprint density at radius 2 is 1.48 bits per heavy atom. The zero-order chi connectivity index (χ0) is 19.8. The van der Waals surface area contributed by atoms with E-state index in [0.717, 1.165) is 19.5 Å². The number of rotatable bonds is 10. The predicted molar refractivity (Wildman–Crippen MR) is 115 cm³/mol. The van der Waals surface area contributed by atoms with Crippen LogP contribution in [0.2, 0.25) is 0 Å². The topological polar surface area (TPSA) is 21.7 Å². The molecule has 0 spiro atoms. The highest BCUT2D eigenvalue weighted by molar-refractivity contribution is 5.39. The Balaban J connectivity index is 2.20. The normalized spacial score (nSPS) is 16.2. The van der Waals surface area contributed by atoms with Crippen LogP contribution in [0.15, 0.2) is 18.2 Å². The number of benzene rings is 1. The maximum Gasteiger partial charge on any atom is 0.169 e. The zero-order valence-electron chi connectivity index (χ0n) is 18.5. The molecule has 27 heavy (non-hydrogen) atoms. The van der Waals surface area contributed by atoms with Crippen molar-refractivity contribution >= 4 is 0 Å². The van der Waals surface area contributed by atoms with Gasteiger partial charge in [0.15, 0.2) is 6.29 Å². The molecule has 1 aromatic rings. The molecule has 0 amide bonds. The van der Waals surface area contributed by atoms with Crippen LogP contribution in [0.4, 0.5) is 0 Å². The second kappa shape index (κ2) is 11.2. The van der Waals surface area contributed by atoms with Gasteiger partial charge in [-0.3, -0.25) is 4.90 Å². The van der Waals surface area contributed by atoms with Gasteiger partial charge < -0.3 is 9.47 Å². The van der Waals surface area contributed by atoms with Gasteiger partial charge in [0.25, 0.3) is 0 Å². The Kier molecular flexibility index (Phi) is 9.28. The number of nitrogens with zero attached hydrogens (tertiary/aromatic N) is 1. The third kappa shape index (κ3) is 6.30. The van der Waals surface area contributed by atoms with E-state index in [1.54, 1.807) is 19.8 Å². The van der Waals surface area contributed by atoms with Crippen molar-refractivity contribution in [2.24, 2.45) is 0 Å². The molecule has 0 N–H and O–H groups in total. The highest BCUT2D eigenvalue weighted by atomic mass is 16.7. The lowest BCUT2D eigenvalue weighted by Gasteiger charge is -2.36. The SMILES string of the molecule is COC(CN(CCc1c(C(C)C)cccc1C(C)C)C1CCCCC1)OC. The van der Waals surface area contributed by atoms with Crippen molar-refractivity contribution in [3.63, 3.8) is 0 Å². The molecular formula is C24H41NO2. The summed E-state index contributed by atoms with van der Waals surface area (Å²) < 4.78 is 11.1. The van der Waals surface area contributed by atoms with Crippen LogP contribution in [0.1, 0.15) is 88.3 Å². The van der Waals surface area contributed by atoms with Crippen molar-refractivity contribution in [2.75, 3.05) is 27.3 Å². The van der Waals surface area contributed by atoms with Gasteiger partial charge in [0.2, 0.25) is 0 Å². The molecule has 154 valence electrons. The monoisotopic (exact) mass is 375 g/mol. The molecule has 0 aliphatic heterocycles. The second-order valence-corrected chi connectivity index (χ2v) is 8.66. The fourth-order valence-electron chi connectivity index (χ4n) is 4.56. The first-order chi connectivity index (χ1) is 13.0. The first-order valence-corrected chi connectivity index (χ1v) is 10.9. The van der Waals surface area contributed by atoms with Crippen LogP contribution in [0.3, 0.4) is 0 Å². The van der Waals surface area contributed by atoms with Crippen molar-refractivity contribution in [3.05, 3.63) is 34.9 Å². The van der Waals surface area contributed by atoms with Crippen molar-refractivity contribution in [2.45, 2.75) is 90.4 Å². The van der Waals surface area contributed by atoms with Gasteiger partial charge in [-0.05, 0) is 47.8 Å². The van der Waals surface area contributed by atoms with E-state index in [2.05, 4.69) is 50.8 Å². The molecular weight excluding hydrogens is 334 g/mol. The average molecular weight is 376 g/mol. The van der Waals surface area contributed by atoms with Crippen LogP contribution in [-0.2, 0) is 15.9 Å². The van der Waals surface area contributed by atoms with E-state index in [-0.39, 0.29) is 6.29 Å². The minimum Gasteiger partial charge on any atom is -0.355 e. The Labute approximate surface area is 167 Å². The largest absolute Gasteiger partial charge is 0.355 e. The van der Waals surface area contributed by atoms with Crippen LogP contribution >= 0.6 is 0 Å². The van der Waals surface area contributed by atoms with Gasteiger partial charge >= 0.3 is 0 Å². The Morgan fingerprint density at radius 3 is 1.96 bits per heavy atom. The molecule has 0 bridgehead atoms. The summed E-state index contributed by atoms with van der Waals surface area (Å²) in [6.45, 7) is 11.2. The molecule has 1 fully saturated rings. The molecule has 0 aromatic heterocycles. The minimum atomic E-state index is -0.142. The van der Waals surface area contributed by atoms with Gasteiger partial charge in [0, 0.05) is 33.4 Å². The number of hydrogen-bond acceptors (Lipinski definition) is 3. The molecule has 2 rings (SSSR count). The van der Waals surface area contributed by atoms with Crippen molar-refractivity contribution < 1.29 is 9.47 Å². The fourth-order valence-corrected chi connectivity index (χ4v) is 4.56. The molecule has 3 heteroatoms. The zero-order valence-corrected chi connectivity index (χ0v) is 18.5. The highest BCUT2D eigenvalue weighted by Gasteiger charge is 2.24.